The lowest BCUT2D eigenvalue weighted by molar-refractivity contribution is -0.149. The van der Waals surface area contributed by atoms with Crippen LogP contribution in [0.5, 0.6) is 0 Å². The fraction of sp³-hybridized carbons (Fsp3) is 0.500. The number of amides is 2. The number of aliphatic carboxylic acids is 1. The number of hydrogen-bond acceptors (Lipinski definition) is 3. The van der Waals surface area contributed by atoms with E-state index in [9.17, 15) is 14.7 Å². The van der Waals surface area contributed by atoms with Gasteiger partial charge in [-0.1, -0.05) is 19.9 Å². The second-order valence-electron chi connectivity index (χ2n) is 4.65. The molecule has 0 saturated heterocycles. The van der Waals surface area contributed by atoms with Gasteiger partial charge in [0.05, 0.1) is 17.7 Å². The number of carbonyl (C=O) groups is 2. The summed E-state index contributed by atoms with van der Waals surface area (Å²) < 4.78 is 0. The summed E-state index contributed by atoms with van der Waals surface area (Å²) in [4.78, 5) is 27.1. The maximum absolute atomic E-state index is 11.7. The van der Waals surface area contributed by atoms with Crippen molar-refractivity contribution in [2.45, 2.75) is 33.2 Å². The molecule has 6 heteroatoms. The molecule has 0 aliphatic carbocycles. The number of rotatable bonds is 7. The lowest BCUT2D eigenvalue weighted by Crippen LogP contribution is -2.45. The molecule has 1 rings (SSSR count). The Morgan fingerprint density at radius 3 is 2.45 bits per heavy atom. The van der Waals surface area contributed by atoms with Crippen LogP contribution in [0.25, 0.3) is 0 Å². The Morgan fingerprint density at radius 1 is 1.25 bits per heavy atom. The van der Waals surface area contributed by atoms with Crippen LogP contribution in [0.3, 0.4) is 0 Å². The quantitative estimate of drug-likeness (QED) is 0.709. The van der Waals surface area contributed by atoms with Crippen molar-refractivity contribution in [3.05, 3.63) is 30.1 Å². The topological polar surface area (TPSA) is 91.3 Å². The third-order valence-electron chi connectivity index (χ3n) is 3.55. The van der Waals surface area contributed by atoms with Gasteiger partial charge in [0.15, 0.2) is 0 Å². The molecule has 1 heterocycles. The molecule has 1 aromatic rings. The van der Waals surface area contributed by atoms with Crippen LogP contribution >= 0.6 is 0 Å². The van der Waals surface area contributed by atoms with Gasteiger partial charge in [-0.15, -0.1) is 0 Å². The van der Waals surface area contributed by atoms with E-state index in [4.69, 9.17) is 0 Å². The Hall–Kier alpha value is -2.11. The van der Waals surface area contributed by atoms with Crippen LogP contribution in [0.1, 0.15) is 32.4 Å². The van der Waals surface area contributed by atoms with Gasteiger partial charge < -0.3 is 15.7 Å². The van der Waals surface area contributed by atoms with Gasteiger partial charge in [0, 0.05) is 12.7 Å². The van der Waals surface area contributed by atoms with Crippen LogP contribution in [0.2, 0.25) is 0 Å². The second-order valence-corrected chi connectivity index (χ2v) is 4.65. The molecule has 1 aromatic heterocycles. The highest BCUT2D eigenvalue weighted by Crippen LogP contribution is 2.25. The van der Waals surface area contributed by atoms with Crippen molar-refractivity contribution in [2.24, 2.45) is 5.41 Å². The summed E-state index contributed by atoms with van der Waals surface area (Å²) in [5.74, 6) is -0.882. The maximum atomic E-state index is 11.7. The number of carboxylic acids is 1. The maximum Gasteiger partial charge on any atom is 0.315 e. The van der Waals surface area contributed by atoms with Crippen LogP contribution in [-0.4, -0.2) is 28.6 Å². The fourth-order valence-corrected chi connectivity index (χ4v) is 1.86. The lowest BCUT2D eigenvalue weighted by atomic mass is 9.82. The lowest BCUT2D eigenvalue weighted by Gasteiger charge is -2.26. The predicted molar refractivity (Wildman–Crippen MR) is 75.1 cm³/mol. The van der Waals surface area contributed by atoms with Crippen LogP contribution in [0.4, 0.5) is 4.79 Å². The average Bonchev–Trinajstić information content (AvgIpc) is 2.47. The van der Waals surface area contributed by atoms with Crippen molar-refractivity contribution in [1.29, 1.82) is 0 Å². The standard InChI is InChI=1S/C14H21N3O3/c1-3-14(4-2,12(18)19)10-17-13(20)16-9-11-7-5-6-8-15-11/h5-8H,3-4,9-10H2,1-2H3,(H,18,19)(H2,16,17,20). The Balaban J connectivity index is 2.44. The van der Waals surface area contributed by atoms with Gasteiger partial charge in [0.25, 0.3) is 0 Å². The van der Waals surface area contributed by atoms with E-state index >= 15 is 0 Å². The number of pyridine rings is 1. The highest BCUT2D eigenvalue weighted by Gasteiger charge is 2.35. The van der Waals surface area contributed by atoms with E-state index in [2.05, 4.69) is 15.6 Å². The molecule has 20 heavy (non-hydrogen) atoms. The van der Waals surface area contributed by atoms with E-state index in [-0.39, 0.29) is 12.6 Å². The molecule has 6 nitrogen and oxygen atoms in total. The van der Waals surface area contributed by atoms with Crippen LogP contribution in [-0.2, 0) is 11.3 Å². The molecule has 0 aliphatic rings. The van der Waals surface area contributed by atoms with Crippen molar-refractivity contribution in [1.82, 2.24) is 15.6 Å². The number of urea groups is 1. The summed E-state index contributed by atoms with van der Waals surface area (Å²) in [6.45, 7) is 4.05. The van der Waals surface area contributed by atoms with E-state index in [0.29, 0.717) is 19.4 Å². The van der Waals surface area contributed by atoms with Crippen molar-refractivity contribution < 1.29 is 14.7 Å². The minimum atomic E-state index is -0.900. The molecule has 0 fully saturated rings. The SMILES string of the molecule is CCC(CC)(CNC(=O)NCc1ccccn1)C(=O)O. The highest BCUT2D eigenvalue weighted by atomic mass is 16.4. The molecule has 3 N–H and O–H groups in total. The summed E-state index contributed by atoms with van der Waals surface area (Å²) in [6, 6.07) is 5.06. The molecular weight excluding hydrogens is 258 g/mol. The van der Waals surface area contributed by atoms with Crippen molar-refractivity contribution in [3.63, 3.8) is 0 Å². The first kappa shape index (κ1) is 15.9. The normalized spacial score (nSPS) is 10.9. The summed E-state index contributed by atoms with van der Waals surface area (Å²) >= 11 is 0. The molecular formula is C14H21N3O3. The third kappa shape index (κ3) is 4.22. The molecule has 0 bridgehead atoms. The van der Waals surface area contributed by atoms with Gasteiger partial charge in [-0.3, -0.25) is 9.78 Å². The summed E-state index contributed by atoms with van der Waals surface area (Å²) in [7, 11) is 0. The van der Waals surface area contributed by atoms with Crippen molar-refractivity contribution in [3.8, 4) is 0 Å². The number of carbonyl (C=O) groups excluding carboxylic acids is 1. The van der Waals surface area contributed by atoms with Crippen molar-refractivity contribution >= 4 is 12.0 Å². The number of nitrogens with zero attached hydrogens (tertiary/aromatic N) is 1. The molecule has 2 amide bonds. The van der Waals surface area contributed by atoms with Crippen molar-refractivity contribution in [2.75, 3.05) is 6.54 Å². The van der Waals surface area contributed by atoms with Gasteiger partial charge in [-0.05, 0) is 25.0 Å². The van der Waals surface area contributed by atoms with Crippen LogP contribution < -0.4 is 10.6 Å². The largest absolute Gasteiger partial charge is 0.481 e. The molecule has 0 aromatic carbocycles. The monoisotopic (exact) mass is 279 g/mol. The van der Waals surface area contributed by atoms with Gasteiger partial charge >= 0.3 is 12.0 Å². The summed E-state index contributed by atoms with van der Waals surface area (Å²) in [6.07, 6.45) is 2.59. The number of carboxylic acid groups (broad SMARTS) is 1. The van der Waals surface area contributed by atoms with Crippen LogP contribution in [0.15, 0.2) is 24.4 Å². The van der Waals surface area contributed by atoms with Gasteiger partial charge in [0.2, 0.25) is 0 Å². The number of hydrogen-bond donors (Lipinski definition) is 3. The Labute approximate surface area is 118 Å². The summed E-state index contributed by atoms with van der Waals surface area (Å²) in [5, 5.41) is 14.5. The molecule has 0 atom stereocenters. The molecule has 0 radical (unpaired) electrons. The van der Waals surface area contributed by atoms with E-state index in [0.717, 1.165) is 5.69 Å². The zero-order valence-electron chi connectivity index (χ0n) is 11.8. The van der Waals surface area contributed by atoms with Gasteiger partial charge in [-0.2, -0.15) is 0 Å². The van der Waals surface area contributed by atoms with E-state index in [1.807, 2.05) is 19.9 Å². The first-order valence-corrected chi connectivity index (χ1v) is 6.69. The number of aromatic nitrogens is 1. The molecule has 0 unspecified atom stereocenters. The second kappa shape index (κ2) is 7.47. The first-order chi connectivity index (χ1) is 9.54. The molecule has 0 aliphatic heterocycles. The Morgan fingerprint density at radius 2 is 1.95 bits per heavy atom. The van der Waals surface area contributed by atoms with E-state index in [1.165, 1.54) is 0 Å². The zero-order valence-corrected chi connectivity index (χ0v) is 11.8. The Kier molecular flexibility index (Phi) is 5.96. The summed E-state index contributed by atoms with van der Waals surface area (Å²) in [5.41, 5.74) is -0.152. The molecule has 0 saturated carbocycles. The minimum Gasteiger partial charge on any atom is -0.481 e. The molecule has 0 spiro atoms. The number of nitrogens with one attached hydrogen (secondary N) is 2. The third-order valence-corrected chi connectivity index (χ3v) is 3.55. The predicted octanol–water partition coefficient (Wildman–Crippen LogP) is 1.77. The minimum absolute atomic E-state index is 0.114. The Bertz CT molecular complexity index is 444. The van der Waals surface area contributed by atoms with Crippen LogP contribution in [0, 0.1) is 5.41 Å². The molecule has 110 valence electrons. The first-order valence-electron chi connectivity index (χ1n) is 6.69. The highest BCUT2D eigenvalue weighted by molar-refractivity contribution is 5.78. The zero-order chi connectivity index (χ0) is 15.0. The fourth-order valence-electron chi connectivity index (χ4n) is 1.86. The smallest absolute Gasteiger partial charge is 0.315 e. The van der Waals surface area contributed by atoms with Gasteiger partial charge in [0.1, 0.15) is 0 Å². The average molecular weight is 279 g/mol. The van der Waals surface area contributed by atoms with E-state index < -0.39 is 11.4 Å². The van der Waals surface area contributed by atoms with Gasteiger partial charge in [-0.25, -0.2) is 4.79 Å². The van der Waals surface area contributed by atoms with E-state index in [1.54, 1.807) is 18.3 Å².